The maximum absolute atomic E-state index is 13.6. The van der Waals surface area contributed by atoms with Crippen LogP contribution in [0.15, 0.2) is 60.7 Å². The number of carbonyl (C=O) groups is 1. The van der Waals surface area contributed by atoms with Crippen LogP contribution < -0.4 is 0 Å². The van der Waals surface area contributed by atoms with Gasteiger partial charge in [0, 0.05) is 32.6 Å². The van der Waals surface area contributed by atoms with Crippen LogP contribution >= 0.6 is 0 Å². The Bertz CT molecular complexity index is 1290. The SMILES string of the molecule is CC(CCC(=O)N1CCN(C(c2ccccc2)c2ccccc2)CC1)C1CCC2C3C(O)CC4CC(O)CCC4(C)C3CCC12C. The largest absolute Gasteiger partial charge is 0.393 e. The minimum absolute atomic E-state index is 0.181. The second-order valence-corrected chi connectivity index (χ2v) is 16.6. The van der Waals surface area contributed by atoms with Crippen molar-refractivity contribution in [2.24, 2.45) is 46.3 Å². The molecule has 5 heteroatoms. The average Bonchev–Trinajstić information content (AvgIpc) is 3.43. The van der Waals surface area contributed by atoms with Crippen molar-refractivity contribution in [3.8, 4) is 0 Å². The van der Waals surface area contributed by atoms with Crippen LogP contribution in [0.5, 0.6) is 0 Å². The molecule has 2 N–H and O–H groups in total. The van der Waals surface area contributed by atoms with E-state index in [-0.39, 0.29) is 29.1 Å². The van der Waals surface area contributed by atoms with Gasteiger partial charge in [0.2, 0.25) is 5.91 Å². The van der Waals surface area contributed by atoms with Crippen LogP contribution in [-0.2, 0) is 4.79 Å². The number of rotatable bonds is 7. The zero-order valence-corrected chi connectivity index (χ0v) is 28.6. The molecule has 0 bridgehead atoms. The topological polar surface area (TPSA) is 64.0 Å². The van der Waals surface area contributed by atoms with E-state index >= 15 is 0 Å². The second kappa shape index (κ2) is 13.0. The Balaban J connectivity index is 0.952. The monoisotopic (exact) mass is 626 g/mol. The number of carbonyl (C=O) groups excluding carboxylic acids is 1. The van der Waals surface area contributed by atoms with E-state index in [0.717, 1.165) is 58.3 Å². The van der Waals surface area contributed by atoms with Crippen LogP contribution in [0.4, 0.5) is 0 Å². The summed E-state index contributed by atoms with van der Waals surface area (Å²) in [7, 11) is 0. The van der Waals surface area contributed by atoms with E-state index in [0.29, 0.717) is 47.8 Å². The van der Waals surface area contributed by atoms with Crippen LogP contribution in [0.3, 0.4) is 0 Å². The van der Waals surface area contributed by atoms with Crippen molar-refractivity contribution >= 4 is 5.91 Å². The minimum atomic E-state index is -0.226. The highest BCUT2D eigenvalue weighted by Gasteiger charge is 2.62. The number of nitrogens with zero attached hydrogens (tertiary/aromatic N) is 2. The highest BCUT2D eigenvalue weighted by atomic mass is 16.3. The van der Waals surface area contributed by atoms with Crippen LogP contribution in [0.2, 0.25) is 0 Å². The van der Waals surface area contributed by atoms with Gasteiger partial charge in [0.05, 0.1) is 18.2 Å². The Morgan fingerprint density at radius 1 is 0.804 bits per heavy atom. The van der Waals surface area contributed by atoms with Gasteiger partial charge in [-0.1, -0.05) is 81.4 Å². The van der Waals surface area contributed by atoms with Gasteiger partial charge in [-0.2, -0.15) is 0 Å². The number of benzene rings is 2. The molecule has 1 aliphatic heterocycles. The first-order valence-electron chi connectivity index (χ1n) is 18.7. The molecule has 1 heterocycles. The van der Waals surface area contributed by atoms with Gasteiger partial charge in [-0.05, 0) is 115 Å². The summed E-state index contributed by atoms with van der Waals surface area (Å²) in [5.74, 6) is 3.52. The van der Waals surface area contributed by atoms with Gasteiger partial charge >= 0.3 is 0 Å². The Hall–Kier alpha value is -2.21. The van der Waals surface area contributed by atoms with Crippen molar-refractivity contribution in [1.29, 1.82) is 0 Å². The standard InChI is InChI=1S/C41H58N2O3/c1-28(33-15-16-34-38-35(19-21-41(33,34)3)40(2)20-18-32(44)26-31(40)27-36(38)45)14-17-37(46)42-22-24-43(25-23-42)39(29-10-6-4-7-11-29)30-12-8-5-9-13-30/h4-13,28,31-36,38-39,44-45H,14-27H2,1-3H3. The number of aliphatic hydroxyl groups is 2. The number of aliphatic hydroxyl groups excluding tert-OH is 2. The summed E-state index contributed by atoms with van der Waals surface area (Å²) >= 11 is 0. The third-order valence-electron chi connectivity index (χ3n) is 14.5. The van der Waals surface area contributed by atoms with E-state index in [1.807, 2.05) is 0 Å². The maximum Gasteiger partial charge on any atom is 0.222 e. The molecule has 10 atom stereocenters. The fourth-order valence-electron chi connectivity index (χ4n) is 12.0. The molecule has 46 heavy (non-hydrogen) atoms. The first-order chi connectivity index (χ1) is 22.2. The lowest BCUT2D eigenvalue weighted by Crippen LogP contribution is -2.58. The lowest BCUT2D eigenvalue weighted by molar-refractivity contribution is -0.174. The second-order valence-electron chi connectivity index (χ2n) is 16.6. The Labute approximate surface area is 277 Å². The van der Waals surface area contributed by atoms with Gasteiger partial charge in [-0.3, -0.25) is 9.69 Å². The van der Waals surface area contributed by atoms with Crippen LogP contribution in [0.25, 0.3) is 0 Å². The number of hydrogen-bond donors (Lipinski definition) is 2. The average molecular weight is 627 g/mol. The first kappa shape index (κ1) is 32.3. The molecule has 1 amide bonds. The molecule has 1 saturated heterocycles. The highest BCUT2D eigenvalue weighted by molar-refractivity contribution is 5.76. The fraction of sp³-hybridized carbons (Fsp3) is 0.683. The first-order valence-corrected chi connectivity index (χ1v) is 18.7. The van der Waals surface area contributed by atoms with Crippen LogP contribution in [-0.4, -0.2) is 64.3 Å². The third-order valence-corrected chi connectivity index (χ3v) is 14.5. The molecule has 2 aromatic carbocycles. The minimum Gasteiger partial charge on any atom is -0.393 e. The molecular weight excluding hydrogens is 568 g/mol. The number of hydrogen-bond acceptors (Lipinski definition) is 4. The summed E-state index contributed by atoms with van der Waals surface area (Å²) in [6.07, 6.45) is 9.95. The van der Waals surface area contributed by atoms with Gasteiger partial charge in [0.25, 0.3) is 0 Å². The Morgan fingerprint density at radius 3 is 2.07 bits per heavy atom. The fourth-order valence-corrected chi connectivity index (χ4v) is 12.0. The van der Waals surface area contributed by atoms with E-state index < -0.39 is 0 Å². The van der Waals surface area contributed by atoms with Crippen molar-refractivity contribution in [3.05, 3.63) is 71.8 Å². The normalized spacial score (nSPS) is 38.6. The predicted molar refractivity (Wildman–Crippen MR) is 184 cm³/mol. The van der Waals surface area contributed by atoms with Gasteiger partial charge in [0.15, 0.2) is 0 Å². The molecule has 7 rings (SSSR count). The van der Waals surface area contributed by atoms with E-state index in [1.165, 1.54) is 36.8 Å². The molecule has 0 radical (unpaired) electrons. The zero-order valence-electron chi connectivity index (χ0n) is 28.6. The lowest BCUT2D eigenvalue weighted by atomic mass is 9.43. The van der Waals surface area contributed by atoms with Crippen molar-refractivity contribution in [2.45, 2.75) is 103 Å². The number of piperazine rings is 1. The molecule has 0 aromatic heterocycles. The molecule has 5 aliphatic rings. The van der Waals surface area contributed by atoms with E-state index in [2.05, 4.69) is 91.2 Å². The van der Waals surface area contributed by atoms with E-state index in [4.69, 9.17) is 0 Å². The van der Waals surface area contributed by atoms with E-state index in [1.54, 1.807) is 0 Å². The van der Waals surface area contributed by atoms with Gasteiger partial charge < -0.3 is 15.1 Å². The van der Waals surface area contributed by atoms with Gasteiger partial charge in [0.1, 0.15) is 0 Å². The van der Waals surface area contributed by atoms with E-state index in [9.17, 15) is 15.0 Å². The molecule has 4 aliphatic carbocycles. The number of fused-ring (bicyclic) bond motifs is 5. The van der Waals surface area contributed by atoms with Crippen molar-refractivity contribution in [3.63, 3.8) is 0 Å². The Morgan fingerprint density at radius 2 is 1.41 bits per heavy atom. The smallest absolute Gasteiger partial charge is 0.222 e. The summed E-state index contributed by atoms with van der Waals surface area (Å²) in [5.41, 5.74) is 3.16. The molecule has 5 nitrogen and oxygen atoms in total. The summed E-state index contributed by atoms with van der Waals surface area (Å²) in [6, 6.07) is 21.8. The zero-order chi connectivity index (χ0) is 32.1. The van der Waals surface area contributed by atoms with Crippen molar-refractivity contribution in [1.82, 2.24) is 9.80 Å². The molecule has 0 spiro atoms. The summed E-state index contributed by atoms with van der Waals surface area (Å²) in [5, 5.41) is 22.0. The molecule has 4 saturated carbocycles. The Kier molecular flexibility index (Phi) is 9.15. The number of amides is 1. The van der Waals surface area contributed by atoms with Gasteiger partial charge in [-0.15, -0.1) is 0 Å². The van der Waals surface area contributed by atoms with Crippen molar-refractivity contribution < 1.29 is 15.0 Å². The molecule has 250 valence electrons. The van der Waals surface area contributed by atoms with Crippen LogP contribution in [0, 0.1) is 46.3 Å². The summed E-state index contributed by atoms with van der Waals surface area (Å²) in [6.45, 7) is 10.8. The summed E-state index contributed by atoms with van der Waals surface area (Å²) in [4.78, 5) is 18.2. The maximum atomic E-state index is 13.6. The molecular formula is C41H58N2O3. The summed E-state index contributed by atoms with van der Waals surface area (Å²) < 4.78 is 0. The molecule has 10 unspecified atom stereocenters. The third kappa shape index (κ3) is 5.77. The van der Waals surface area contributed by atoms with Crippen LogP contribution in [0.1, 0.15) is 102 Å². The molecule has 5 fully saturated rings. The highest BCUT2D eigenvalue weighted by Crippen LogP contribution is 2.68. The lowest BCUT2D eigenvalue weighted by Gasteiger charge is -2.62. The molecule has 2 aromatic rings. The quantitative estimate of drug-likeness (QED) is 0.338. The van der Waals surface area contributed by atoms with Gasteiger partial charge in [-0.25, -0.2) is 0 Å². The van der Waals surface area contributed by atoms with Crippen molar-refractivity contribution in [2.75, 3.05) is 26.2 Å². The predicted octanol–water partition coefficient (Wildman–Crippen LogP) is 7.33.